The Morgan fingerprint density at radius 2 is 2.19 bits per heavy atom. The third-order valence-electron chi connectivity index (χ3n) is 2.52. The van der Waals surface area contributed by atoms with Gasteiger partial charge in [0.15, 0.2) is 5.82 Å². The van der Waals surface area contributed by atoms with E-state index in [9.17, 15) is 0 Å². The van der Waals surface area contributed by atoms with Crippen molar-refractivity contribution >= 4 is 0 Å². The molecule has 2 rings (SSSR count). The van der Waals surface area contributed by atoms with Gasteiger partial charge in [-0.25, -0.2) is 4.98 Å². The van der Waals surface area contributed by atoms with Gasteiger partial charge in [-0.3, -0.25) is 4.68 Å². The van der Waals surface area contributed by atoms with Crippen LogP contribution in [0.5, 0.6) is 5.75 Å². The van der Waals surface area contributed by atoms with Crippen LogP contribution >= 0.6 is 0 Å². The second-order valence-electron chi connectivity index (χ2n) is 3.59. The summed E-state index contributed by atoms with van der Waals surface area (Å²) in [5, 5.41) is 4.29. The highest BCUT2D eigenvalue weighted by Crippen LogP contribution is 2.30. The molecule has 4 nitrogen and oxygen atoms in total. The van der Waals surface area contributed by atoms with Crippen molar-refractivity contribution in [2.24, 2.45) is 7.05 Å². The van der Waals surface area contributed by atoms with Crippen LogP contribution in [0, 0.1) is 0 Å². The molecule has 2 aromatic rings. The summed E-state index contributed by atoms with van der Waals surface area (Å²) in [6.07, 6.45) is 2.62. The average molecular weight is 217 g/mol. The van der Waals surface area contributed by atoms with Gasteiger partial charge >= 0.3 is 0 Å². The molecule has 1 aromatic carbocycles. The largest absolute Gasteiger partial charge is 0.496 e. The van der Waals surface area contributed by atoms with Crippen molar-refractivity contribution in [1.82, 2.24) is 14.8 Å². The number of aryl methyl sites for hydroxylation is 2. The fraction of sp³-hybridized carbons (Fsp3) is 0.333. The molecule has 0 spiro atoms. The molecular weight excluding hydrogens is 202 g/mol. The molecule has 0 aliphatic heterocycles. The first kappa shape index (κ1) is 10.7. The number of ether oxygens (including phenoxy) is 1. The number of methoxy groups -OCH3 is 1. The maximum Gasteiger partial charge on any atom is 0.184 e. The normalized spacial score (nSPS) is 10.4. The quantitative estimate of drug-likeness (QED) is 0.790. The Hall–Kier alpha value is -1.84. The summed E-state index contributed by atoms with van der Waals surface area (Å²) in [5.41, 5.74) is 2.12. The van der Waals surface area contributed by atoms with E-state index >= 15 is 0 Å². The minimum Gasteiger partial charge on any atom is -0.496 e. The van der Waals surface area contributed by atoms with Gasteiger partial charge in [-0.1, -0.05) is 19.1 Å². The van der Waals surface area contributed by atoms with E-state index < -0.39 is 0 Å². The molecule has 0 atom stereocenters. The standard InChI is InChI=1S/C12H15N3O/c1-4-9-6-5-7-10(11(9)16-3)12-13-8-15(2)14-12/h5-8H,4H2,1-3H3. The summed E-state index contributed by atoms with van der Waals surface area (Å²) in [4.78, 5) is 4.24. The minimum atomic E-state index is 0.703. The van der Waals surface area contributed by atoms with E-state index in [1.165, 1.54) is 5.56 Å². The third-order valence-corrected chi connectivity index (χ3v) is 2.52. The van der Waals surface area contributed by atoms with Crippen LogP contribution in [0.2, 0.25) is 0 Å². The average Bonchev–Trinajstić information content (AvgIpc) is 2.74. The lowest BCUT2D eigenvalue weighted by Crippen LogP contribution is -1.95. The van der Waals surface area contributed by atoms with Crippen LogP contribution in [-0.4, -0.2) is 21.9 Å². The molecule has 0 aliphatic carbocycles. The summed E-state index contributed by atoms with van der Waals surface area (Å²) in [7, 11) is 3.54. The van der Waals surface area contributed by atoms with Crippen molar-refractivity contribution in [3.05, 3.63) is 30.1 Å². The monoisotopic (exact) mass is 217 g/mol. The molecule has 1 heterocycles. The lowest BCUT2D eigenvalue weighted by Gasteiger charge is -2.09. The molecule has 0 N–H and O–H groups in total. The summed E-state index contributed by atoms with van der Waals surface area (Å²) in [6, 6.07) is 6.05. The number of hydrogen-bond donors (Lipinski definition) is 0. The molecule has 0 aliphatic rings. The molecule has 0 unspecified atom stereocenters. The second kappa shape index (κ2) is 4.35. The van der Waals surface area contributed by atoms with Gasteiger partial charge in [-0.15, -0.1) is 0 Å². The number of nitrogens with zero attached hydrogens (tertiary/aromatic N) is 3. The molecule has 0 saturated carbocycles. The molecule has 84 valence electrons. The fourth-order valence-corrected chi connectivity index (χ4v) is 1.74. The van der Waals surface area contributed by atoms with Crippen LogP contribution in [0.4, 0.5) is 0 Å². The van der Waals surface area contributed by atoms with Crippen LogP contribution in [0.25, 0.3) is 11.4 Å². The van der Waals surface area contributed by atoms with E-state index in [0.717, 1.165) is 17.7 Å². The van der Waals surface area contributed by atoms with E-state index in [0.29, 0.717) is 5.82 Å². The molecule has 1 aromatic heterocycles. The Morgan fingerprint density at radius 3 is 2.75 bits per heavy atom. The van der Waals surface area contributed by atoms with Gasteiger partial charge in [-0.2, -0.15) is 5.10 Å². The van der Waals surface area contributed by atoms with Crippen LogP contribution in [0.3, 0.4) is 0 Å². The first-order valence-corrected chi connectivity index (χ1v) is 5.28. The first-order valence-electron chi connectivity index (χ1n) is 5.28. The van der Waals surface area contributed by atoms with Crippen LogP contribution in [0.1, 0.15) is 12.5 Å². The lowest BCUT2D eigenvalue weighted by atomic mass is 10.1. The Kier molecular flexibility index (Phi) is 2.90. The summed E-state index contributed by atoms with van der Waals surface area (Å²) >= 11 is 0. The zero-order valence-corrected chi connectivity index (χ0v) is 9.77. The zero-order valence-electron chi connectivity index (χ0n) is 9.77. The highest BCUT2D eigenvalue weighted by atomic mass is 16.5. The highest BCUT2D eigenvalue weighted by molar-refractivity contribution is 5.66. The molecular formula is C12H15N3O. The lowest BCUT2D eigenvalue weighted by molar-refractivity contribution is 0.411. The molecule has 16 heavy (non-hydrogen) atoms. The molecule has 4 heteroatoms. The smallest absolute Gasteiger partial charge is 0.184 e. The van der Waals surface area contributed by atoms with Crippen molar-refractivity contribution in [3.8, 4) is 17.1 Å². The van der Waals surface area contributed by atoms with Crippen LogP contribution in [-0.2, 0) is 13.5 Å². The number of hydrogen-bond acceptors (Lipinski definition) is 3. The number of para-hydroxylation sites is 1. The summed E-state index contributed by atoms with van der Waals surface area (Å²) in [5.74, 6) is 1.57. The molecule has 0 amide bonds. The summed E-state index contributed by atoms with van der Waals surface area (Å²) in [6.45, 7) is 2.10. The van der Waals surface area contributed by atoms with Crippen molar-refractivity contribution in [2.75, 3.05) is 7.11 Å². The predicted molar refractivity (Wildman–Crippen MR) is 62.4 cm³/mol. The van der Waals surface area contributed by atoms with Crippen molar-refractivity contribution in [1.29, 1.82) is 0 Å². The van der Waals surface area contributed by atoms with Gasteiger partial charge in [0.2, 0.25) is 0 Å². The van der Waals surface area contributed by atoms with Crippen molar-refractivity contribution in [2.45, 2.75) is 13.3 Å². The van der Waals surface area contributed by atoms with Crippen molar-refractivity contribution in [3.63, 3.8) is 0 Å². The van der Waals surface area contributed by atoms with E-state index in [1.54, 1.807) is 18.1 Å². The van der Waals surface area contributed by atoms with Gasteiger partial charge in [0.25, 0.3) is 0 Å². The summed E-state index contributed by atoms with van der Waals surface area (Å²) < 4.78 is 7.13. The Labute approximate surface area is 94.9 Å². The molecule has 0 saturated heterocycles. The molecule has 0 bridgehead atoms. The van der Waals surface area contributed by atoms with E-state index in [1.807, 2.05) is 19.2 Å². The maximum atomic E-state index is 5.44. The first-order chi connectivity index (χ1) is 7.76. The number of aromatic nitrogens is 3. The van der Waals surface area contributed by atoms with E-state index in [4.69, 9.17) is 4.74 Å². The predicted octanol–water partition coefficient (Wildman–Crippen LogP) is 2.05. The second-order valence-corrected chi connectivity index (χ2v) is 3.59. The van der Waals surface area contributed by atoms with Gasteiger partial charge in [0.1, 0.15) is 12.1 Å². The highest BCUT2D eigenvalue weighted by Gasteiger charge is 2.12. The fourth-order valence-electron chi connectivity index (χ4n) is 1.74. The Balaban J connectivity index is 2.56. The van der Waals surface area contributed by atoms with Gasteiger partial charge in [0, 0.05) is 7.05 Å². The topological polar surface area (TPSA) is 39.9 Å². The number of rotatable bonds is 3. The van der Waals surface area contributed by atoms with Gasteiger partial charge in [-0.05, 0) is 18.1 Å². The van der Waals surface area contributed by atoms with E-state index in [-0.39, 0.29) is 0 Å². The molecule has 0 fully saturated rings. The van der Waals surface area contributed by atoms with Gasteiger partial charge < -0.3 is 4.74 Å². The minimum absolute atomic E-state index is 0.703. The van der Waals surface area contributed by atoms with Crippen LogP contribution in [0.15, 0.2) is 24.5 Å². The Morgan fingerprint density at radius 1 is 1.38 bits per heavy atom. The molecule has 0 radical (unpaired) electrons. The number of benzene rings is 1. The SMILES string of the molecule is CCc1cccc(-c2ncn(C)n2)c1OC. The van der Waals surface area contributed by atoms with Crippen molar-refractivity contribution < 1.29 is 4.74 Å². The maximum absolute atomic E-state index is 5.44. The van der Waals surface area contributed by atoms with Gasteiger partial charge in [0.05, 0.1) is 12.7 Å². The third kappa shape index (κ3) is 1.78. The van der Waals surface area contributed by atoms with E-state index in [2.05, 4.69) is 23.1 Å². The Bertz CT molecular complexity index is 491. The van der Waals surface area contributed by atoms with Crippen LogP contribution < -0.4 is 4.74 Å². The zero-order chi connectivity index (χ0) is 11.5.